The van der Waals surface area contributed by atoms with Crippen molar-refractivity contribution in [3.05, 3.63) is 96.6 Å². The third-order valence-electron chi connectivity index (χ3n) is 5.48. The maximum atomic E-state index is 13.3. The van der Waals surface area contributed by atoms with E-state index in [4.69, 9.17) is 15.5 Å². The molecule has 0 amide bonds. The Balaban J connectivity index is 1.66. The molecule has 0 aliphatic rings. The normalized spacial score (nSPS) is 12.0. The number of methoxy groups -OCH3 is 1. The zero-order chi connectivity index (χ0) is 22.8. The molecule has 0 radical (unpaired) electrons. The Bertz CT molecular complexity index is 1430. The fourth-order valence-corrected chi connectivity index (χ4v) is 6.43. The summed E-state index contributed by atoms with van der Waals surface area (Å²) in [6.07, 6.45) is 0. The molecule has 0 aliphatic heterocycles. The molecule has 0 saturated carbocycles. The molecule has 5 rings (SSSR count). The number of aromatic nitrogens is 1. The number of ether oxygens (including phenoxy) is 1. The molecular weight excluding hydrogens is 448 g/mol. The SMILES string of the molecule is COc1ccc(-c2cc(-c3ccccc3)c3c(N)c(S(=O)Cc4ccccc4)sc3n2)cc1. The largest absolute Gasteiger partial charge is 0.497 e. The Morgan fingerprint density at radius 3 is 2.24 bits per heavy atom. The highest BCUT2D eigenvalue weighted by Crippen LogP contribution is 2.43. The second kappa shape index (κ2) is 9.17. The fourth-order valence-electron chi connectivity index (χ4n) is 3.82. The van der Waals surface area contributed by atoms with Gasteiger partial charge in [-0.3, -0.25) is 4.21 Å². The lowest BCUT2D eigenvalue weighted by atomic mass is 10.00. The number of nitrogen functional groups attached to an aromatic ring is 1. The van der Waals surface area contributed by atoms with Crippen LogP contribution in [-0.4, -0.2) is 16.3 Å². The molecule has 2 N–H and O–H groups in total. The molecule has 0 saturated heterocycles. The smallest absolute Gasteiger partial charge is 0.127 e. The van der Waals surface area contributed by atoms with E-state index in [0.29, 0.717) is 15.6 Å². The third kappa shape index (κ3) is 4.27. The van der Waals surface area contributed by atoms with Gasteiger partial charge in [0.1, 0.15) is 14.8 Å². The summed E-state index contributed by atoms with van der Waals surface area (Å²) in [6.45, 7) is 0. The van der Waals surface area contributed by atoms with Crippen molar-refractivity contribution in [2.24, 2.45) is 0 Å². The summed E-state index contributed by atoms with van der Waals surface area (Å²) in [7, 11) is 0.389. The molecule has 5 aromatic rings. The monoisotopic (exact) mass is 470 g/mol. The number of rotatable bonds is 6. The van der Waals surface area contributed by atoms with Gasteiger partial charge in [0.2, 0.25) is 0 Å². The predicted octanol–water partition coefficient (Wildman–Crippen LogP) is 6.53. The van der Waals surface area contributed by atoms with Crippen molar-refractivity contribution in [3.63, 3.8) is 0 Å². The average molecular weight is 471 g/mol. The van der Waals surface area contributed by atoms with E-state index in [1.807, 2.05) is 72.8 Å². The van der Waals surface area contributed by atoms with E-state index in [2.05, 4.69) is 18.2 Å². The van der Waals surface area contributed by atoms with Gasteiger partial charge in [-0.2, -0.15) is 0 Å². The minimum absolute atomic E-state index is 0.421. The van der Waals surface area contributed by atoms with Crippen molar-refractivity contribution in [2.75, 3.05) is 12.8 Å². The maximum absolute atomic E-state index is 13.3. The molecule has 164 valence electrons. The molecule has 0 fully saturated rings. The van der Waals surface area contributed by atoms with Crippen LogP contribution in [0.25, 0.3) is 32.6 Å². The van der Waals surface area contributed by atoms with Crippen molar-refractivity contribution < 1.29 is 8.95 Å². The molecule has 0 bridgehead atoms. The summed E-state index contributed by atoms with van der Waals surface area (Å²) >= 11 is 1.42. The van der Waals surface area contributed by atoms with Crippen LogP contribution in [0.15, 0.2) is 95.2 Å². The summed E-state index contributed by atoms with van der Waals surface area (Å²) in [5.74, 6) is 1.21. The van der Waals surface area contributed by atoms with Gasteiger partial charge in [-0.15, -0.1) is 11.3 Å². The lowest BCUT2D eigenvalue weighted by Crippen LogP contribution is -1.98. The second-order valence-electron chi connectivity index (χ2n) is 7.61. The Hall–Kier alpha value is -3.48. The molecule has 33 heavy (non-hydrogen) atoms. The van der Waals surface area contributed by atoms with Crippen LogP contribution < -0.4 is 10.5 Å². The molecule has 2 aromatic heterocycles. The van der Waals surface area contributed by atoms with Gasteiger partial charge in [0, 0.05) is 10.9 Å². The van der Waals surface area contributed by atoms with E-state index in [-0.39, 0.29) is 0 Å². The van der Waals surface area contributed by atoms with Crippen LogP contribution in [0, 0.1) is 0 Å². The van der Waals surface area contributed by atoms with Crippen LogP contribution >= 0.6 is 11.3 Å². The minimum Gasteiger partial charge on any atom is -0.497 e. The summed E-state index contributed by atoms with van der Waals surface area (Å²) in [5, 5.41) is 0.861. The molecule has 1 atom stereocenters. The number of anilines is 1. The van der Waals surface area contributed by atoms with E-state index in [9.17, 15) is 4.21 Å². The van der Waals surface area contributed by atoms with Gasteiger partial charge >= 0.3 is 0 Å². The van der Waals surface area contributed by atoms with Gasteiger partial charge in [0.15, 0.2) is 0 Å². The third-order valence-corrected chi connectivity index (χ3v) is 8.41. The van der Waals surface area contributed by atoms with Crippen LogP contribution in [-0.2, 0) is 16.6 Å². The molecule has 1 unspecified atom stereocenters. The Morgan fingerprint density at radius 2 is 1.58 bits per heavy atom. The van der Waals surface area contributed by atoms with E-state index >= 15 is 0 Å². The molecule has 6 heteroatoms. The fraction of sp³-hybridized carbons (Fsp3) is 0.0741. The number of hydrogen-bond donors (Lipinski definition) is 1. The van der Waals surface area contributed by atoms with Gasteiger partial charge < -0.3 is 10.5 Å². The lowest BCUT2D eigenvalue weighted by Gasteiger charge is -2.09. The van der Waals surface area contributed by atoms with Crippen LogP contribution in [0.5, 0.6) is 5.75 Å². The minimum atomic E-state index is -1.26. The summed E-state index contributed by atoms with van der Waals surface area (Å²) in [6, 6.07) is 29.8. The topological polar surface area (TPSA) is 65.2 Å². The predicted molar refractivity (Wildman–Crippen MR) is 138 cm³/mol. The molecule has 4 nitrogen and oxygen atoms in total. The van der Waals surface area contributed by atoms with Gasteiger partial charge in [-0.05, 0) is 47.0 Å². The first-order valence-electron chi connectivity index (χ1n) is 10.5. The quantitative estimate of drug-likeness (QED) is 0.306. The van der Waals surface area contributed by atoms with E-state index in [0.717, 1.165) is 43.9 Å². The van der Waals surface area contributed by atoms with Crippen molar-refractivity contribution in [1.82, 2.24) is 4.98 Å². The van der Waals surface area contributed by atoms with Crippen molar-refractivity contribution in [2.45, 2.75) is 9.96 Å². The first-order valence-corrected chi connectivity index (χ1v) is 12.6. The highest BCUT2D eigenvalue weighted by molar-refractivity contribution is 7.87. The van der Waals surface area contributed by atoms with E-state index in [1.165, 1.54) is 11.3 Å². The molecule has 0 spiro atoms. The molecule has 3 aromatic carbocycles. The summed E-state index contributed by atoms with van der Waals surface area (Å²) in [5.41, 5.74) is 12.0. The highest BCUT2D eigenvalue weighted by Gasteiger charge is 2.21. The van der Waals surface area contributed by atoms with Crippen LogP contribution in [0.4, 0.5) is 5.69 Å². The van der Waals surface area contributed by atoms with E-state index in [1.54, 1.807) is 7.11 Å². The van der Waals surface area contributed by atoms with Crippen LogP contribution in [0.3, 0.4) is 0 Å². The number of nitrogens with two attached hydrogens (primary N) is 1. The Morgan fingerprint density at radius 1 is 0.909 bits per heavy atom. The van der Waals surface area contributed by atoms with Gasteiger partial charge in [0.25, 0.3) is 0 Å². The molecular formula is C27H22N2O2S2. The number of thiophene rings is 1. The average Bonchev–Trinajstić information content (AvgIpc) is 3.21. The van der Waals surface area contributed by atoms with Crippen molar-refractivity contribution in [3.8, 4) is 28.1 Å². The maximum Gasteiger partial charge on any atom is 0.127 e. The van der Waals surface area contributed by atoms with Crippen molar-refractivity contribution in [1.29, 1.82) is 0 Å². The first kappa shape index (κ1) is 21.4. The van der Waals surface area contributed by atoms with Crippen LogP contribution in [0.1, 0.15) is 5.56 Å². The molecule has 0 aliphatic carbocycles. The number of pyridine rings is 1. The Labute approximate surface area is 199 Å². The van der Waals surface area contributed by atoms with Gasteiger partial charge in [-0.25, -0.2) is 4.98 Å². The van der Waals surface area contributed by atoms with Gasteiger partial charge in [-0.1, -0.05) is 60.7 Å². The number of benzene rings is 3. The van der Waals surface area contributed by atoms with E-state index < -0.39 is 10.8 Å². The second-order valence-corrected chi connectivity index (χ2v) is 10.3. The Kier molecular flexibility index (Phi) is 5.94. The standard InChI is InChI=1S/C27H22N2O2S2/c1-31-21-14-12-20(13-15-21)23-16-22(19-10-6-3-7-11-19)24-25(28)27(32-26(24)29-23)33(30)17-18-8-4-2-5-9-18/h2-16H,17,28H2,1H3. The number of fused-ring (bicyclic) bond motifs is 1. The van der Waals surface area contributed by atoms with Crippen LogP contribution in [0.2, 0.25) is 0 Å². The summed E-state index contributed by atoms with van der Waals surface area (Å²) < 4.78 is 19.2. The summed E-state index contributed by atoms with van der Waals surface area (Å²) in [4.78, 5) is 5.71. The number of hydrogen-bond acceptors (Lipinski definition) is 5. The first-order chi connectivity index (χ1) is 16.1. The van der Waals surface area contributed by atoms with Crippen molar-refractivity contribution >= 4 is 38.0 Å². The van der Waals surface area contributed by atoms with Gasteiger partial charge in [0.05, 0.1) is 35.0 Å². The lowest BCUT2D eigenvalue weighted by molar-refractivity contribution is 0.415. The zero-order valence-corrected chi connectivity index (χ0v) is 19.7. The number of nitrogens with zero attached hydrogens (tertiary/aromatic N) is 1. The highest BCUT2D eigenvalue weighted by atomic mass is 32.2. The zero-order valence-electron chi connectivity index (χ0n) is 18.0. The molecule has 2 heterocycles.